The van der Waals surface area contributed by atoms with Crippen molar-refractivity contribution in [2.75, 3.05) is 16.4 Å². The Bertz CT molecular complexity index is 2720. The molecule has 0 bridgehead atoms. The number of ketones is 5. The van der Waals surface area contributed by atoms with Gasteiger partial charge in [0.15, 0.2) is 17.3 Å². The number of hydrogen-bond donors (Lipinski definition) is 5. The van der Waals surface area contributed by atoms with E-state index in [1.54, 1.807) is 79.8 Å². The SMILES string of the molecule is CC1CC(=O)CC(=O)C1.CC1CC(=O)c2c(C(=O)Nc3cccnc3)c[nH]c2C1.CC1CC(=O)c2c(C(=O)Nc3cccnc3)coc2C1.CC1CC(=O)c2c(C(=O)O)coc2C1.Nc1cccnc1. The molecule has 2 amide bonds. The summed E-state index contributed by atoms with van der Waals surface area (Å²) in [6.45, 7) is 7.93. The lowest BCUT2D eigenvalue weighted by atomic mass is 9.86. The normalized spacial score (nSPS) is 18.0. The number of fused-ring (bicyclic) bond motifs is 3. The molecule has 6 aromatic rings. The van der Waals surface area contributed by atoms with E-state index in [1.165, 1.54) is 6.26 Å². The van der Waals surface area contributed by atoms with E-state index >= 15 is 0 Å². The number of amides is 2. The molecule has 3 atom stereocenters. The minimum atomic E-state index is -1.10. The van der Waals surface area contributed by atoms with Gasteiger partial charge in [0.25, 0.3) is 11.8 Å². The molecule has 0 aromatic carbocycles. The van der Waals surface area contributed by atoms with Gasteiger partial charge in [-0.1, -0.05) is 27.7 Å². The molecule has 0 saturated heterocycles. The first-order chi connectivity index (χ1) is 33.5. The number of aromatic carboxylic acids is 1. The number of carbonyl (C=O) groups is 8. The Morgan fingerprint density at radius 3 is 1.47 bits per heavy atom. The Morgan fingerprint density at radius 1 is 0.586 bits per heavy atom. The van der Waals surface area contributed by atoms with E-state index in [2.05, 4.69) is 30.6 Å². The number of pyridine rings is 3. The molecule has 1 saturated carbocycles. The van der Waals surface area contributed by atoms with E-state index in [4.69, 9.17) is 19.7 Å². The number of carboxylic acids is 1. The summed E-state index contributed by atoms with van der Waals surface area (Å²) >= 11 is 0. The van der Waals surface area contributed by atoms with Gasteiger partial charge in [-0.15, -0.1) is 0 Å². The number of nitrogen functional groups attached to an aromatic ring is 1. The maximum atomic E-state index is 12.3. The average Bonchev–Trinajstić information content (AvgIpc) is 4.06. The monoisotopic (exact) mass is 953 g/mol. The van der Waals surface area contributed by atoms with Crippen LogP contribution in [0.1, 0.15) is 146 Å². The molecule has 1 fully saturated rings. The maximum Gasteiger partial charge on any atom is 0.339 e. The van der Waals surface area contributed by atoms with Gasteiger partial charge in [-0.05, 0) is 66.5 Å². The van der Waals surface area contributed by atoms with Gasteiger partial charge >= 0.3 is 5.97 Å². The van der Waals surface area contributed by atoms with Crippen LogP contribution in [-0.4, -0.2) is 71.7 Å². The molecule has 364 valence electrons. The first-order valence-corrected chi connectivity index (χ1v) is 22.8. The summed E-state index contributed by atoms with van der Waals surface area (Å²) in [6.07, 6.45) is 18.7. The van der Waals surface area contributed by atoms with Gasteiger partial charge in [-0.2, -0.15) is 0 Å². The van der Waals surface area contributed by atoms with Crippen molar-refractivity contribution in [2.45, 2.75) is 85.5 Å². The lowest BCUT2D eigenvalue weighted by Crippen LogP contribution is -2.21. The fourth-order valence-corrected chi connectivity index (χ4v) is 8.47. The fraction of sp³-hybridized carbons (Fsp3) is 0.327. The van der Waals surface area contributed by atoms with E-state index in [-0.39, 0.29) is 70.1 Å². The lowest BCUT2D eigenvalue weighted by molar-refractivity contribution is -0.131. The quantitative estimate of drug-likeness (QED) is 0.101. The van der Waals surface area contributed by atoms with Crippen molar-refractivity contribution in [1.82, 2.24) is 19.9 Å². The van der Waals surface area contributed by atoms with Crippen molar-refractivity contribution < 1.29 is 52.3 Å². The number of nitrogens with zero attached hydrogens (tertiary/aromatic N) is 3. The summed E-state index contributed by atoms with van der Waals surface area (Å²) < 4.78 is 10.5. The Labute approximate surface area is 403 Å². The summed E-state index contributed by atoms with van der Waals surface area (Å²) in [7, 11) is 0. The molecule has 4 aliphatic carbocycles. The largest absolute Gasteiger partial charge is 0.478 e. The van der Waals surface area contributed by atoms with Crippen molar-refractivity contribution >= 4 is 63.8 Å². The number of nitrogens with one attached hydrogen (secondary N) is 3. The fourth-order valence-electron chi connectivity index (χ4n) is 8.47. The topological polar surface area (TPSA) is 288 Å². The van der Waals surface area contributed by atoms with Crippen LogP contribution >= 0.6 is 0 Å². The Kier molecular flexibility index (Phi) is 17.4. The highest BCUT2D eigenvalue weighted by Gasteiger charge is 2.33. The summed E-state index contributed by atoms with van der Waals surface area (Å²) in [5.74, 6) is 0.640. The van der Waals surface area contributed by atoms with Gasteiger partial charge in [0.2, 0.25) is 0 Å². The van der Waals surface area contributed by atoms with E-state index < -0.39 is 5.97 Å². The minimum absolute atomic E-state index is 0.00287. The molecule has 0 spiro atoms. The Balaban J connectivity index is 0.000000151. The van der Waals surface area contributed by atoms with Crippen molar-refractivity contribution in [3.8, 4) is 0 Å². The van der Waals surface area contributed by atoms with E-state index in [1.807, 2.05) is 27.7 Å². The first kappa shape index (κ1) is 51.2. The summed E-state index contributed by atoms with van der Waals surface area (Å²) in [6, 6.07) is 10.6. The molecule has 18 nitrogen and oxygen atoms in total. The van der Waals surface area contributed by atoms with Gasteiger partial charge in [-0.25, -0.2) is 4.79 Å². The molecule has 0 aliphatic heterocycles. The third kappa shape index (κ3) is 13.7. The molecule has 6 N–H and O–H groups in total. The standard InChI is InChI=1S/C15H15N3O2.C15H14N2O3.C10H10O4.C7H10O2.C5H6N2/c1-9-5-12-14(13(19)6-9)11(8-17-12)15(20)18-10-3-2-4-16-7-10;1-9-5-12(18)14-11(8-20-13(14)6-9)15(19)17-10-3-2-4-16-7-10;1-5-2-7(11)9-6(10(12)13)4-14-8(9)3-5;1-5-2-6(8)4-7(9)3-5;6-5-2-1-3-7-4-5/h2-4,7-9,17H,5-6H2,1H3,(H,18,20);2-4,7-9H,5-6H2,1H3,(H,17,19);4-5H,2-3H2,1H3,(H,12,13);5H,2-4H2,1H3;1-4H,6H2. The number of hydrogen-bond acceptors (Lipinski definition) is 14. The first-order valence-electron chi connectivity index (χ1n) is 22.8. The zero-order chi connectivity index (χ0) is 50.5. The van der Waals surface area contributed by atoms with Gasteiger partial charge < -0.3 is 35.3 Å². The van der Waals surface area contributed by atoms with Crippen molar-refractivity contribution in [1.29, 1.82) is 0 Å². The van der Waals surface area contributed by atoms with E-state index in [9.17, 15) is 38.4 Å². The van der Waals surface area contributed by atoms with Crippen molar-refractivity contribution in [3.63, 3.8) is 0 Å². The number of nitrogens with two attached hydrogens (primary N) is 1. The molecule has 6 aromatic heterocycles. The molecule has 0 radical (unpaired) electrons. The van der Waals surface area contributed by atoms with Crippen LogP contribution in [0.4, 0.5) is 17.1 Å². The molecular formula is C52H55N7O11. The molecule has 18 heteroatoms. The van der Waals surface area contributed by atoms with Crippen LogP contribution in [0.15, 0.2) is 101 Å². The maximum absolute atomic E-state index is 12.3. The number of furan rings is 2. The second-order valence-corrected chi connectivity index (χ2v) is 18.0. The van der Waals surface area contributed by atoms with Crippen LogP contribution in [0.2, 0.25) is 0 Å². The van der Waals surface area contributed by atoms with Gasteiger partial charge in [0.05, 0.1) is 63.7 Å². The number of anilines is 3. The number of carbonyl (C=O) groups excluding carboxylic acids is 7. The van der Waals surface area contributed by atoms with Crippen LogP contribution in [0.3, 0.4) is 0 Å². The molecule has 4 aliphatic rings. The molecule has 6 heterocycles. The van der Waals surface area contributed by atoms with E-state index in [0.717, 1.165) is 18.4 Å². The van der Waals surface area contributed by atoms with Crippen LogP contribution in [0, 0.1) is 23.7 Å². The number of rotatable bonds is 5. The summed E-state index contributed by atoms with van der Waals surface area (Å²) in [5, 5.41) is 14.3. The predicted octanol–water partition coefficient (Wildman–Crippen LogP) is 8.47. The smallest absolute Gasteiger partial charge is 0.339 e. The molecule has 3 unspecified atom stereocenters. The number of aromatic nitrogens is 4. The zero-order valence-corrected chi connectivity index (χ0v) is 39.3. The van der Waals surface area contributed by atoms with E-state index in [0.29, 0.717) is 108 Å². The highest BCUT2D eigenvalue weighted by Crippen LogP contribution is 2.31. The molecule has 10 rings (SSSR count). The zero-order valence-electron chi connectivity index (χ0n) is 39.3. The van der Waals surface area contributed by atoms with Crippen LogP contribution in [-0.2, 0) is 28.9 Å². The van der Waals surface area contributed by atoms with Crippen molar-refractivity contribution in [2.24, 2.45) is 23.7 Å². The third-order valence-electron chi connectivity index (χ3n) is 11.5. The number of aromatic amines is 1. The summed E-state index contributed by atoms with van der Waals surface area (Å²) in [5.41, 5.74) is 10.0. The third-order valence-corrected chi connectivity index (χ3v) is 11.5. The highest BCUT2D eigenvalue weighted by molar-refractivity contribution is 6.14. The molecule has 70 heavy (non-hydrogen) atoms. The Hall–Kier alpha value is -8.15. The van der Waals surface area contributed by atoms with Gasteiger partial charge in [0.1, 0.15) is 41.2 Å². The lowest BCUT2D eigenvalue weighted by Gasteiger charge is -2.17. The van der Waals surface area contributed by atoms with Crippen molar-refractivity contribution in [3.05, 3.63) is 143 Å². The second kappa shape index (κ2) is 23.7. The molecular weight excluding hydrogens is 899 g/mol. The van der Waals surface area contributed by atoms with Gasteiger partial charge in [0, 0.05) is 81.6 Å². The minimum Gasteiger partial charge on any atom is -0.478 e. The average molecular weight is 954 g/mol. The van der Waals surface area contributed by atoms with Gasteiger partial charge in [-0.3, -0.25) is 48.5 Å². The van der Waals surface area contributed by atoms with Crippen LogP contribution < -0.4 is 16.4 Å². The van der Waals surface area contributed by atoms with Crippen LogP contribution in [0.25, 0.3) is 0 Å². The van der Waals surface area contributed by atoms with Crippen LogP contribution in [0.5, 0.6) is 0 Å². The number of H-pyrrole nitrogens is 1. The Morgan fingerprint density at radius 2 is 1.03 bits per heavy atom. The second-order valence-electron chi connectivity index (χ2n) is 18.0. The highest BCUT2D eigenvalue weighted by atomic mass is 16.4. The number of carboxylic acid groups (broad SMARTS) is 1. The predicted molar refractivity (Wildman–Crippen MR) is 257 cm³/mol. The summed E-state index contributed by atoms with van der Waals surface area (Å²) in [4.78, 5) is 107. The number of Topliss-reactive ketones (excluding diaryl/α,β-unsaturated/α-hetero) is 5.